The van der Waals surface area contributed by atoms with Crippen LogP contribution in [0.2, 0.25) is 0 Å². The molecule has 0 aliphatic heterocycles. The molecular formula is C10H17NO4. The van der Waals surface area contributed by atoms with E-state index in [1.165, 1.54) is 14.2 Å². The number of nitrogens with one attached hydrogen (secondary N) is 1. The summed E-state index contributed by atoms with van der Waals surface area (Å²) in [4.78, 5) is 22.5. The summed E-state index contributed by atoms with van der Waals surface area (Å²) < 4.78 is 9.19. The van der Waals surface area contributed by atoms with Crippen molar-refractivity contribution < 1.29 is 19.1 Å². The Morgan fingerprint density at radius 1 is 1.40 bits per heavy atom. The van der Waals surface area contributed by atoms with Crippen molar-refractivity contribution in [3.63, 3.8) is 0 Å². The number of carbonyl (C=O) groups excluding carboxylic acids is 2. The Morgan fingerprint density at radius 3 is 2.40 bits per heavy atom. The zero-order valence-corrected chi connectivity index (χ0v) is 9.33. The summed E-state index contributed by atoms with van der Waals surface area (Å²) in [5, 5.41) is 2.50. The largest absolute Gasteiger partial charge is 0.467 e. The molecule has 0 bridgehead atoms. The van der Waals surface area contributed by atoms with Crippen LogP contribution in [0.25, 0.3) is 0 Å². The van der Waals surface area contributed by atoms with E-state index >= 15 is 0 Å². The molecule has 0 aliphatic rings. The highest BCUT2D eigenvalue weighted by molar-refractivity contribution is 5.85. The first-order valence-corrected chi connectivity index (χ1v) is 4.51. The van der Waals surface area contributed by atoms with Crippen molar-refractivity contribution in [1.29, 1.82) is 0 Å². The quantitative estimate of drug-likeness (QED) is 0.510. The molecule has 1 amide bonds. The maximum atomic E-state index is 11.3. The molecule has 0 spiro atoms. The summed E-state index contributed by atoms with van der Waals surface area (Å²) in [5.74, 6) is -0.836. The summed E-state index contributed by atoms with van der Waals surface area (Å²) in [6, 6.07) is -0.685. The third-order valence-electron chi connectivity index (χ3n) is 1.65. The van der Waals surface area contributed by atoms with Gasteiger partial charge < -0.3 is 14.8 Å². The summed E-state index contributed by atoms with van der Waals surface area (Å²) in [6.45, 7) is 5.37. The topological polar surface area (TPSA) is 64.6 Å². The van der Waals surface area contributed by atoms with Crippen LogP contribution >= 0.6 is 0 Å². The lowest BCUT2D eigenvalue weighted by atomic mass is 10.1. The molecule has 5 heteroatoms. The fourth-order valence-electron chi connectivity index (χ4n) is 1.05. The molecule has 0 rings (SSSR count). The van der Waals surface area contributed by atoms with Gasteiger partial charge in [-0.1, -0.05) is 5.57 Å². The molecule has 1 atom stereocenters. The van der Waals surface area contributed by atoms with Crippen LogP contribution in [0.15, 0.2) is 12.2 Å². The van der Waals surface area contributed by atoms with Gasteiger partial charge in [-0.25, -0.2) is 4.79 Å². The van der Waals surface area contributed by atoms with E-state index in [-0.39, 0.29) is 12.5 Å². The third-order valence-corrected chi connectivity index (χ3v) is 1.65. The lowest BCUT2D eigenvalue weighted by molar-refractivity contribution is -0.145. The molecule has 0 aromatic rings. The first-order chi connectivity index (χ1) is 7.01. The molecule has 0 aliphatic carbocycles. The maximum absolute atomic E-state index is 11.3. The van der Waals surface area contributed by atoms with Gasteiger partial charge in [0.1, 0.15) is 12.6 Å². The van der Waals surface area contributed by atoms with E-state index in [0.29, 0.717) is 6.42 Å². The smallest absolute Gasteiger partial charge is 0.328 e. The van der Waals surface area contributed by atoms with E-state index in [4.69, 9.17) is 0 Å². The molecule has 0 heterocycles. The predicted octanol–water partition coefficient (Wildman–Crippen LogP) is 0.257. The summed E-state index contributed by atoms with van der Waals surface area (Å²) in [7, 11) is 2.68. The minimum atomic E-state index is -0.685. The highest BCUT2D eigenvalue weighted by Gasteiger charge is 2.20. The molecule has 5 nitrogen and oxygen atoms in total. The van der Waals surface area contributed by atoms with Gasteiger partial charge >= 0.3 is 5.97 Å². The van der Waals surface area contributed by atoms with Crippen molar-refractivity contribution in [1.82, 2.24) is 5.32 Å². The van der Waals surface area contributed by atoms with Crippen LogP contribution < -0.4 is 5.32 Å². The Kier molecular flexibility index (Phi) is 6.37. The Balaban J connectivity index is 4.30. The number of methoxy groups -OCH3 is 2. The molecule has 0 aromatic carbocycles. The lowest BCUT2D eigenvalue weighted by Gasteiger charge is -2.15. The minimum absolute atomic E-state index is 0.0797. The highest BCUT2D eigenvalue weighted by atomic mass is 16.5. The van der Waals surface area contributed by atoms with Crippen molar-refractivity contribution >= 4 is 11.9 Å². The second kappa shape index (κ2) is 7.00. The fourth-order valence-corrected chi connectivity index (χ4v) is 1.05. The standard InChI is InChI=1S/C10H17NO4/c1-7(2)5-8(10(13)15-4)11-9(12)6-14-3/h8H,1,5-6H2,2-4H3,(H,11,12)/t8-/m0/s1. The summed E-state index contributed by atoms with van der Waals surface area (Å²) in [5.41, 5.74) is 0.795. The van der Waals surface area contributed by atoms with Crippen molar-refractivity contribution in [2.24, 2.45) is 0 Å². The molecule has 86 valence electrons. The number of ether oxygens (including phenoxy) is 2. The number of hydrogen-bond donors (Lipinski definition) is 1. The lowest BCUT2D eigenvalue weighted by Crippen LogP contribution is -2.43. The van der Waals surface area contributed by atoms with E-state index < -0.39 is 12.0 Å². The fraction of sp³-hybridized carbons (Fsp3) is 0.600. The van der Waals surface area contributed by atoms with Gasteiger partial charge in [-0.2, -0.15) is 0 Å². The monoisotopic (exact) mass is 215 g/mol. The number of esters is 1. The van der Waals surface area contributed by atoms with Crippen LogP contribution in [0, 0.1) is 0 Å². The molecule has 0 unspecified atom stereocenters. The van der Waals surface area contributed by atoms with Crippen LogP contribution in [0.5, 0.6) is 0 Å². The molecule has 0 radical (unpaired) electrons. The van der Waals surface area contributed by atoms with Gasteiger partial charge in [0.2, 0.25) is 5.91 Å². The van der Waals surface area contributed by atoms with Crippen LogP contribution in [0.1, 0.15) is 13.3 Å². The second-order valence-electron chi connectivity index (χ2n) is 3.24. The average molecular weight is 215 g/mol. The van der Waals surface area contributed by atoms with Crippen LogP contribution in [-0.4, -0.2) is 38.7 Å². The summed E-state index contributed by atoms with van der Waals surface area (Å²) in [6.07, 6.45) is 0.363. The molecule has 15 heavy (non-hydrogen) atoms. The van der Waals surface area contributed by atoms with E-state index in [2.05, 4.69) is 21.4 Å². The zero-order valence-electron chi connectivity index (χ0n) is 9.33. The summed E-state index contributed by atoms with van der Waals surface area (Å²) >= 11 is 0. The zero-order chi connectivity index (χ0) is 11.8. The number of carbonyl (C=O) groups is 2. The third kappa shape index (κ3) is 5.85. The van der Waals surface area contributed by atoms with E-state index in [9.17, 15) is 9.59 Å². The molecule has 0 saturated heterocycles. The number of rotatable bonds is 6. The predicted molar refractivity (Wildman–Crippen MR) is 55.3 cm³/mol. The normalized spacial score (nSPS) is 11.7. The van der Waals surface area contributed by atoms with Gasteiger partial charge in [0.25, 0.3) is 0 Å². The van der Waals surface area contributed by atoms with Gasteiger partial charge in [0.15, 0.2) is 0 Å². The van der Waals surface area contributed by atoms with E-state index in [1.54, 1.807) is 6.92 Å². The SMILES string of the molecule is C=C(C)C[C@H](NC(=O)COC)C(=O)OC. The molecular weight excluding hydrogens is 198 g/mol. The number of amides is 1. The van der Waals surface area contributed by atoms with Crippen LogP contribution in [0.4, 0.5) is 0 Å². The Morgan fingerprint density at radius 2 is 2.00 bits per heavy atom. The van der Waals surface area contributed by atoms with Crippen molar-refractivity contribution in [2.75, 3.05) is 20.8 Å². The number of hydrogen-bond acceptors (Lipinski definition) is 4. The molecule has 0 fully saturated rings. The first-order valence-electron chi connectivity index (χ1n) is 4.51. The first kappa shape index (κ1) is 13.6. The van der Waals surface area contributed by atoms with Gasteiger partial charge in [-0.05, 0) is 13.3 Å². The molecule has 1 N–H and O–H groups in total. The van der Waals surface area contributed by atoms with Crippen LogP contribution in [-0.2, 0) is 19.1 Å². The van der Waals surface area contributed by atoms with E-state index in [1.807, 2.05) is 0 Å². The van der Waals surface area contributed by atoms with Gasteiger partial charge in [0, 0.05) is 7.11 Å². The van der Waals surface area contributed by atoms with Crippen molar-refractivity contribution in [2.45, 2.75) is 19.4 Å². The Hall–Kier alpha value is -1.36. The minimum Gasteiger partial charge on any atom is -0.467 e. The molecule has 0 saturated carbocycles. The van der Waals surface area contributed by atoms with Crippen molar-refractivity contribution in [3.05, 3.63) is 12.2 Å². The maximum Gasteiger partial charge on any atom is 0.328 e. The Labute approximate surface area is 89.4 Å². The van der Waals surface area contributed by atoms with E-state index in [0.717, 1.165) is 5.57 Å². The average Bonchev–Trinajstić information content (AvgIpc) is 2.15. The van der Waals surface area contributed by atoms with Gasteiger partial charge in [0.05, 0.1) is 7.11 Å². The van der Waals surface area contributed by atoms with Crippen molar-refractivity contribution in [3.8, 4) is 0 Å². The molecule has 0 aromatic heterocycles. The Bertz CT molecular complexity index is 250. The van der Waals surface area contributed by atoms with Gasteiger partial charge in [-0.15, -0.1) is 6.58 Å². The second-order valence-corrected chi connectivity index (χ2v) is 3.24. The van der Waals surface area contributed by atoms with Crippen LogP contribution in [0.3, 0.4) is 0 Å². The van der Waals surface area contributed by atoms with Gasteiger partial charge in [-0.3, -0.25) is 4.79 Å². The highest BCUT2D eigenvalue weighted by Crippen LogP contribution is 2.03.